The number of nitrogens with one attached hydrogen (secondary N) is 1. The van der Waals surface area contributed by atoms with Crippen molar-refractivity contribution in [3.63, 3.8) is 0 Å². The quantitative estimate of drug-likeness (QED) is 0.354. The molecule has 0 fully saturated rings. The second-order valence-corrected chi connectivity index (χ2v) is 8.95. The highest BCUT2D eigenvalue weighted by molar-refractivity contribution is 5.93. The number of fused-ring (bicyclic) bond motifs is 2. The number of aliphatic carboxylic acids is 1. The minimum absolute atomic E-state index is 0.0612. The van der Waals surface area contributed by atoms with Crippen LogP contribution in [-0.2, 0) is 16.0 Å². The summed E-state index contributed by atoms with van der Waals surface area (Å²) in [5.41, 5.74) is 5.99. The average Bonchev–Trinajstić information content (AvgIpc) is 2.87. The SMILES string of the molecule is CC(C(=O)O)c1ccc2c(c1)Cc1cccnc1O2.CCN(CC)CC(=O)Nc1c(C)cccc1C. The van der Waals surface area contributed by atoms with Gasteiger partial charge < -0.3 is 15.2 Å². The molecule has 0 saturated heterocycles. The minimum atomic E-state index is -0.821. The monoisotopic (exact) mass is 489 g/mol. The Kier molecular flexibility index (Phi) is 9.19. The molecule has 0 bridgehead atoms. The summed E-state index contributed by atoms with van der Waals surface area (Å²) in [7, 11) is 0. The second kappa shape index (κ2) is 12.3. The van der Waals surface area contributed by atoms with Crippen LogP contribution in [0.2, 0.25) is 0 Å². The maximum Gasteiger partial charge on any atom is 0.310 e. The number of nitrogens with zero attached hydrogens (tertiary/aromatic N) is 2. The van der Waals surface area contributed by atoms with E-state index in [1.807, 2.05) is 56.3 Å². The molecular formula is C29H35N3O4. The van der Waals surface area contributed by atoms with E-state index in [0.29, 0.717) is 12.4 Å². The summed E-state index contributed by atoms with van der Waals surface area (Å²) in [5, 5.41) is 12.1. The third-order valence-electron chi connectivity index (χ3n) is 6.40. The summed E-state index contributed by atoms with van der Waals surface area (Å²) in [4.78, 5) is 29.2. The van der Waals surface area contributed by atoms with Crippen molar-refractivity contribution in [2.24, 2.45) is 0 Å². The number of carbonyl (C=O) groups is 2. The molecule has 0 spiro atoms. The van der Waals surface area contributed by atoms with Gasteiger partial charge in [-0.05, 0) is 68.2 Å². The lowest BCUT2D eigenvalue weighted by Crippen LogP contribution is -2.33. The van der Waals surface area contributed by atoms with E-state index in [1.54, 1.807) is 19.2 Å². The summed E-state index contributed by atoms with van der Waals surface area (Å²) in [6.07, 6.45) is 2.42. The van der Waals surface area contributed by atoms with E-state index in [-0.39, 0.29) is 5.91 Å². The molecule has 2 aromatic carbocycles. The lowest BCUT2D eigenvalue weighted by molar-refractivity contribution is -0.138. The molecule has 4 rings (SSSR count). The molecule has 7 heteroatoms. The number of likely N-dealkylation sites (N-methyl/N-ethyl adjacent to an activating group) is 1. The lowest BCUT2D eigenvalue weighted by Gasteiger charge is -2.20. The number of benzene rings is 2. The van der Waals surface area contributed by atoms with Crippen LogP contribution >= 0.6 is 0 Å². The van der Waals surface area contributed by atoms with Crippen LogP contribution < -0.4 is 10.1 Å². The van der Waals surface area contributed by atoms with E-state index in [4.69, 9.17) is 9.84 Å². The number of pyridine rings is 1. The van der Waals surface area contributed by atoms with Crippen LogP contribution in [0.1, 0.15) is 54.5 Å². The molecule has 1 aromatic heterocycles. The van der Waals surface area contributed by atoms with Gasteiger partial charge in [-0.2, -0.15) is 0 Å². The standard InChI is InChI=1S/C15H13NO3.C14H22N2O/c1-9(15(17)18)10-4-5-13-12(7-10)8-11-3-2-6-16-14(11)19-13;1-5-16(6-2)10-13(17)15-14-11(3)8-7-9-12(14)4/h2-7,9H,8H2,1H3,(H,17,18);7-9H,5-6,10H2,1-4H3,(H,15,17). The first-order valence-corrected chi connectivity index (χ1v) is 12.3. The Morgan fingerprint density at radius 1 is 1.06 bits per heavy atom. The molecule has 190 valence electrons. The summed E-state index contributed by atoms with van der Waals surface area (Å²) in [5.74, 6) is 0.118. The van der Waals surface area contributed by atoms with Crippen LogP contribution in [0, 0.1) is 13.8 Å². The van der Waals surface area contributed by atoms with Crippen molar-refractivity contribution in [3.8, 4) is 11.6 Å². The molecule has 1 unspecified atom stereocenters. The molecule has 1 aliphatic rings. The van der Waals surface area contributed by atoms with Gasteiger partial charge in [0.1, 0.15) is 5.75 Å². The van der Waals surface area contributed by atoms with Crippen LogP contribution in [0.25, 0.3) is 0 Å². The van der Waals surface area contributed by atoms with Gasteiger partial charge in [-0.1, -0.05) is 50.2 Å². The topological polar surface area (TPSA) is 91.8 Å². The largest absolute Gasteiger partial charge is 0.481 e. The van der Waals surface area contributed by atoms with Gasteiger partial charge in [0, 0.05) is 23.9 Å². The van der Waals surface area contributed by atoms with Gasteiger partial charge in [0.05, 0.1) is 12.5 Å². The van der Waals surface area contributed by atoms with Crippen molar-refractivity contribution < 1.29 is 19.4 Å². The van der Waals surface area contributed by atoms with Crippen molar-refractivity contribution in [1.82, 2.24) is 9.88 Å². The van der Waals surface area contributed by atoms with E-state index in [2.05, 4.69) is 29.0 Å². The zero-order valence-corrected chi connectivity index (χ0v) is 21.7. The number of carboxylic acid groups (broad SMARTS) is 1. The summed E-state index contributed by atoms with van der Waals surface area (Å²) < 4.78 is 5.71. The number of anilines is 1. The molecule has 1 aliphatic heterocycles. The third kappa shape index (κ3) is 6.70. The number of para-hydroxylation sites is 1. The number of carboxylic acids is 1. The molecule has 2 N–H and O–H groups in total. The lowest BCUT2D eigenvalue weighted by atomic mass is 9.95. The molecule has 7 nitrogen and oxygen atoms in total. The Morgan fingerprint density at radius 3 is 2.39 bits per heavy atom. The van der Waals surface area contributed by atoms with E-state index >= 15 is 0 Å². The molecule has 0 aliphatic carbocycles. The van der Waals surface area contributed by atoms with Crippen molar-refractivity contribution in [2.45, 2.75) is 47.0 Å². The fraction of sp³-hybridized carbons (Fsp3) is 0.345. The van der Waals surface area contributed by atoms with Crippen molar-refractivity contribution in [3.05, 3.63) is 82.5 Å². The minimum Gasteiger partial charge on any atom is -0.481 e. The smallest absolute Gasteiger partial charge is 0.310 e. The van der Waals surface area contributed by atoms with Crippen LogP contribution in [-0.4, -0.2) is 46.5 Å². The fourth-order valence-corrected chi connectivity index (χ4v) is 4.05. The van der Waals surface area contributed by atoms with Gasteiger partial charge in [0.15, 0.2) is 0 Å². The third-order valence-corrected chi connectivity index (χ3v) is 6.40. The number of aromatic nitrogens is 1. The van der Waals surface area contributed by atoms with E-state index in [1.165, 1.54) is 0 Å². The fourth-order valence-electron chi connectivity index (χ4n) is 4.05. The number of amides is 1. The highest BCUT2D eigenvalue weighted by Crippen LogP contribution is 2.36. The normalized spacial score (nSPS) is 12.4. The first kappa shape index (κ1) is 26.9. The number of aryl methyl sites for hydroxylation is 2. The van der Waals surface area contributed by atoms with Gasteiger partial charge in [0.25, 0.3) is 0 Å². The average molecular weight is 490 g/mol. The highest BCUT2D eigenvalue weighted by Gasteiger charge is 2.21. The first-order valence-electron chi connectivity index (χ1n) is 12.3. The van der Waals surface area contributed by atoms with E-state index < -0.39 is 11.9 Å². The predicted octanol–water partition coefficient (Wildman–Crippen LogP) is 5.55. The molecule has 3 aromatic rings. The van der Waals surface area contributed by atoms with Gasteiger partial charge in [0.2, 0.25) is 11.8 Å². The number of rotatable bonds is 7. The Morgan fingerprint density at radius 2 is 1.75 bits per heavy atom. The maximum absolute atomic E-state index is 11.9. The number of hydrogen-bond acceptors (Lipinski definition) is 5. The van der Waals surface area contributed by atoms with Gasteiger partial charge in [-0.3, -0.25) is 14.5 Å². The second-order valence-electron chi connectivity index (χ2n) is 8.95. The number of ether oxygens (including phenoxy) is 1. The Balaban J connectivity index is 0.000000202. The summed E-state index contributed by atoms with van der Waals surface area (Å²) >= 11 is 0. The number of hydrogen-bond donors (Lipinski definition) is 2. The number of carbonyl (C=O) groups excluding carboxylic acids is 1. The first-order chi connectivity index (χ1) is 17.2. The van der Waals surface area contributed by atoms with Crippen LogP contribution in [0.5, 0.6) is 11.6 Å². The molecule has 36 heavy (non-hydrogen) atoms. The molecule has 2 heterocycles. The Bertz CT molecular complexity index is 1200. The van der Waals surface area contributed by atoms with Crippen molar-refractivity contribution in [2.75, 3.05) is 25.0 Å². The zero-order chi connectivity index (χ0) is 26.2. The predicted molar refractivity (Wildman–Crippen MR) is 142 cm³/mol. The van der Waals surface area contributed by atoms with Crippen LogP contribution in [0.15, 0.2) is 54.7 Å². The van der Waals surface area contributed by atoms with E-state index in [9.17, 15) is 9.59 Å². The molecule has 0 saturated carbocycles. The zero-order valence-electron chi connectivity index (χ0n) is 21.7. The Hall–Kier alpha value is -3.71. The highest BCUT2D eigenvalue weighted by atomic mass is 16.5. The Labute approximate surface area is 213 Å². The van der Waals surface area contributed by atoms with Crippen molar-refractivity contribution >= 4 is 17.6 Å². The maximum atomic E-state index is 11.9. The van der Waals surface area contributed by atoms with Crippen LogP contribution in [0.3, 0.4) is 0 Å². The molecule has 1 atom stereocenters. The van der Waals surface area contributed by atoms with Crippen molar-refractivity contribution in [1.29, 1.82) is 0 Å². The molecule has 0 radical (unpaired) electrons. The summed E-state index contributed by atoms with van der Waals surface area (Å²) in [6.45, 7) is 12.1. The van der Waals surface area contributed by atoms with Gasteiger partial charge in [-0.25, -0.2) is 4.98 Å². The molecular weight excluding hydrogens is 454 g/mol. The molecule has 1 amide bonds. The van der Waals surface area contributed by atoms with Gasteiger partial charge in [-0.15, -0.1) is 0 Å². The summed E-state index contributed by atoms with van der Waals surface area (Å²) in [6, 6.07) is 15.4. The van der Waals surface area contributed by atoms with Crippen LogP contribution in [0.4, 0.5) is 5.69 Å². The van der Waals surface area contributed by atoms with Gasteiger partial charge >= 0.3 is 5.97 Å². The van der Waals surface area contributed by atoms with E-state index in [0.717, 1.165) is 58.8 Å².